The first kappa shape index (κ1) is 11.0. The number of aromatic nitrogens is 1. The van der Waals surface area contributed by atoms with Gasteiger partial charge < -0.3 is 15.2 Å². The van der Waals surface area contributed by atoms with Crippen LogP contribution < -0.4 is 15.2 Å². The molecule has 0 fully saturated rings. The van der Waals surface area contributed by atoms with Gasteiger partial charge in [0.1, 0.15) is 5.01 Å². The molecule has 1 atom stereocenters. The first-order valence-electron chi connectivity index (χ1n) is 4.99. The lowest BCUT2D eigenvalue weighted by Gasteiger charge is -2.10. The van der Waals surface area contributed by atoms with E-state index in [4.69, 9.17) is 15.2 Å². The Kier molecular flexibility index (Phi) is 2.78. The van der Waals surface area contributed by atoms with Gasteiger partial charge in [0.2, 0.25) is 6.79 Å². The highest BCUT2D eigenvalue weighted by Crippen LogP contribution is 2.41. The number of benzene rings is 1. The van der Waals surface area contributed by atoms with Gasteiger partial charge in [-0.25, -0.2) is 4.98 Å². The van der Waals surface area contributed by atoms with Crippen LogP contribution in [0.15, 0.2) is 28.2 Å². The molecule has 2 aromatic rings. The zero-order valence-electron chi connectivity index (χ0n) is 8.72. The van der Waals surface area contributed by atoms with Crippen LogP contribution in [0.5, 0.6) is 11.5 Å². The first-order valence-corrected chi connectivity index (χ1v) is 6.67. The van der Waals surface area contributed by atoms with Gasteiger partial charge in [-0.05, 0) is 33.6 Å². The smallest absolute Gasteiger partial charge is 0.231 e. The predicted octanol–water partition coefficient (Wildman–Crippen LogP) is 2.68. The molecule has 4 nitrogen and oxygen atoms in total. The minimum absolute atomic E-state index is 0.235. The van der Waals surface area contributed by atoms with E-state index < -0.39 is 0 Å². The minimum Gasteiger partial charge on any atom is -0.454 e. The van der Waals surface area contributed by atoms with Crippen LogP contribution in [0.3, 0.4) is 0 Å². The SMILES string of the molecule is NC(c1cc(Br)c2c(c1)OCO2)c1nccs1. The summed E-state index contributed by atoms with van der Waals surface area (Å²) in [5.74, 6) is 1.46. The molecule has 1 unspecified atom stereocenters. The average molecular weight is 313 g/mol. The van der Waals surface area contributed by atoms with Crippen LogP contribution in [-0.4, -0.2) is 11.8 Å². The summed E-state index contributed by atoms with van der Waals surface area (Å²) in [4.78, 5) is 4.22. The van der Waals surface area contributed by atoms with Crippen molar-refractivity contribution in [3.63, 3.8) is 0 Å². The van der Waals surface area contributed by atoms with Crippen molar-refractivity contribution in [1.82, 2.24) is 4.98 Å². The van der Waals surface area contributed by atoms with Crippen molar-refractivity contribution in [2.24, 2.45) is 5.73 Å². The Morgan fingerprint density at radius 1 is 1.41 bits per heavy atom. The van der Waals surface area contributed by atoms with Crippen LogP contribution in [0, 0.1) is 0 Å². The summed E-state index contributed by atoms with van der Waals surface area (Å²) in [6.07, 6.45) is 1.75. The Balaban J connectivity index is 2.02. The summed E-state index contributed by atoms with van der Waals surface area (Å²) >= 11 is 4.99. The van der Waals surface area contributed by atoms with E-state index in [2.05, 4.69) is 20.9 Å². The molecule has 2 N–H and O–H groups in total. The predicted molar refractivity (Wildman–Crippen MR) is 68.4 cm³/mol. The Labute approximate surface area is 111 Å². The summed E-state index contributed by atoms with van der Waals surface area (Å²) in [6.45, 7) is 0.254. The van der Waals surface area contributed by atoms with Crippen molar-refractivity contribution >= 4 is 27.3 Å². The molecule has 0 saturated heterocycles. The molecule has 2 heterocycles. The van der Waals surface area contributed by atoms with Crippen LogP contribution >= 0.6 is 27.3 Å². The largest absolute Gasteiger partial charge is 0.454 e. The molecule has 1 aromatic heterocycles. The normalized spacial score (nSPS) is 14.9. The second-order valence-corrected chi connectivity index (χ2v) is 5.37. The van der Waals surface area contributed by atoms with Gasteiger partial charge in [0, 0.05) is 11.6 Å². The number of halogens is 1. The van der Waals surface area contributed by atoms with Gasteiger partial charge in [-0.15, -0.1) is 11.3 Å². The third kappa shape index (κ3) is 1.92. The molecule has 3 rings (SSSR count). The standard InChI is InChI=1S/C11H9BrN2O2S/c12-7-3-6(4-8-10(7)16-5-15-8)9(13)11-14-1-2-17-11/h1-4,9H,5,13H2. The summed E-state index contributed by atoms with van der Waals surface area (Å²) in [5, 5.41) is 2.80. The van der Waals surface area contributed by atoms with Crippen molar-refractivity contribution in [2.75, 3.05) is 6.79 Å². The molecule has 0 aliphatic carbocycles. The van der Waals surface area contributed by atoms with Crippen molar-refractivity contribution in [1.29, 1.82) is 0 Å². The Hall–Kier alpha value is -1.11. The van der Waals surface area contributed by atoms with Crippen LogP contribution in [0.25, 0.3) is 0 Å². The van der Waals surface area contributed by atoms with Crippen LogP contribution in [0.4, 0.5) is 0 Å². The van der Waals surface area contributed by atoms with Gasteiger partial charge in [0.25, 0.3) is 0 Å². The molecular weight excluding hydrogens is 304 g/mol. The van der Waals surface area contributed by atoms with E-state index in [9.17, 15) is 0 Å². The third-order valence-corrected chi connectivity index (χ3v) is 3.97. The number of thiazole rings is 1. The van der Waals surface area contributed by atoms with E-state index >= 15 is 0 Å². The number of nitrogens with zero attached hydrogens (tertiary/aromatic N) is 1. The quantitative estimate of drug-likeness (QED) is 0.926. The summed E-state index contributed by atoms with van der Waals surface area (Å²) in [6, 6.07) is 3.61. The fourth-order valence-electron chi connectivity index (χ4n) is 1.70. The molecule has 0 amide bonds. The number of fused-ring (bicyclic) bond motifs is 1. The van der Waals surface area contributed by atoms with Crippen molar-refractivity contribution in [2.45, 2.75) is 6.04 Å². The fourth-order valence-corrected chi connectivity index (χ4v) is 2.94. The van der Waals surface area contributed by atoms with E-state index in [1.165, 1.54) is 0 Å². The van der Waals surface area contributed by atoms with Crippen LogP contribution in [0.1, 0.15) is 16.6 Å². The molecule has 1 aromatic carbocycles. The highest BCUT2D eigenvalue weighted by atomic mass is 79.9. The summed E-state index contributed by atoms with van der Waals surface area (Å²) < 4.78 is 11.6. The molecule has 0 radical (unpaired) electrons. The highest BCUT2D eigenvalue weighted by Gasteiger charge is 2.21. The molecule has 1 aliphatic rings. The van der Waals surface area contributed by atoms with Gasteiger partial charge in [0.05, 0.1) is 10.5 Å². The molecular formula is C11H9BrN2O2S. The number of rotatable bonds is 2. The molecule has 1 aliphatic heterocycles. The van der Waals surface area contributed by atoms with Gasteiger partial charge in [-0.1, -0.05) is 0 Å². The van der Waals surface area contributed by atoms with Crippen molar-refractivity contribution < 1.29 is 9.47 Å². The lowest BCUT2D eigenvalue weighted by atomic mass is 10.1. The Morgan fingerprint density at radius 3 is 3.06 bits per heavy atom. The van der Waals surface area contributed by atoms with Gasteiger partial charge in [-0.3, -0.25) is 0 Å². The monoisotopic (exact) mass is 312 g/mol. The average Bonchev–Trinajstić information content (AvgIpc) is 2.98. The van der Waals surface area contributed by atoms with E-state index in [0.29, 0.717) is 0 Å². The van der Waals surface area contributed by atoms with E-state index in [1.54, 1.807) is 17.5 Å². The number of nitrogens with two attached hydrogens (primary N) is 1. The Morgan fingerprint density at radius 2 is 2.29 bits per heavy atom. The maximum Gasteiger partial charge on any atom is 0.231 e. The number of hydrogen-bond donors (Lipinski definition) is 1. The molecule has 17 heavy (non-hydrogen) atoms. The molecule has 6 heteroatoms. The van der Waals surface area contributed by atoms with Crippen molar-refractivity contribution in [3.8, 4) is 11.5 Å². The topological polar surface area (TPSA) is 57.4 Å². The lowest BCUT2D eigenvalue weighted by Crippen LogP contribution is -2.11. The second kappa shape index (κ2) is 4.29. The number of ether oxygens (including phenoxy) is 2. The van der Waals surface area contributed by atoms with Gasteiger partial charge >= 0.3 is 0 Å². The first-order chi connectivity index (χ1) is 8.25. The molecule has 0 saturated carbocycles. The third-order valence-electron chi connectivity index (χ3n) is 2.53. The van der Waals surface area contributed by atoms with E-state index in [1.807, 2.05) is 17.5 Å². The molecule has 0 bridgehead atoms. The van der Waals surface area contributed by atoms with Gasteiger partial charge in [-0.2, -0.15) is 0 Å². The second-order valence-electron chi connectivity index (χ2n) is 3.58. The lowest BCUT2D eigenvalue weighted by molar-refractivity contribution is 0.173. The zero-order valence-corrected chi connectivity index (χ0v) is 11.1. The van der Waals surface area contributed by atoms with Crippen molar-refractivity contribution in [3.05, 3.63) is 38.8 Å². The van der Waals surface area contributed by atoms with Crippen LogP contribution in [0.2, 0.25) is 0 Å². The van der Waals surface area contributed by atoms with Crippen LogP contribution in [-0.2, 0) is 0 Å². The maximum atomic E-state index is 6.15. The zero-order chi connectivity index (χ0) is 11.8. The van der Waals surface area contributed by atoms with Gasteiger partial charge in [0.15, 0.2) is 11.5 Å². The fraction of sp³-hybridized carbons (Fsp3) is 0.182. The summed E-state index contributed by atoms with van der Waals surface area (Å²) in [5.41, 5.74) is 7.11. The molecule has 88 valence electrons. The highest BCUT2D eigenvalue weighted by molar-refractivity contribution is 9.10. The molecule has 0 spiro atoms. The van der Waals surface area contributed by atoms with E-state index in [0.717, 1.165) is 26.5 Å². The Bertz CT molecular complexity index is 545. The summed E-state index contributed by atoms with van der Waals surface area (Å²) in [7, 11) is 0. The van der Waals surface area contributed by atoms with E-state index in [-0.39, 0.29) is 12.8 Å². The minimum atomic E-state index is -0.235. The maximum absolute atomic E-state index is 6.15. The number of hydrogen-bond acceptors (Lipinski definition) is 5.